The summed E-state index contributed by atoms with van der Waals surface area (Å²) < 4.78 is 33.0. The van der Waals surface area contributed by atoms with Gasteiger partial charge >= 0.3 is 19.8 Å². The second-order valence-electron chi connectivity index (χ2n) is 18.4. The Balaban J connectivity index is 4.15. The molecule has 0 rings (SSSR count). The molecule has 0 fully saturated rings. The molecule has 0 aliphatic heterocycles. The number of carbonyl (C=O) groups is 2. The van der Waals surface area contributed by atoms with Crippen LogP contribution in [0, 0.1) is 0 Å². The summed E-state index contributed by atoms with van der Waals surface area (Å²) >= 11 is 0. The maximum Gasteiger partial charge on any atom is 0.472 e. The van der Waals surface area contributed by atoms with Crippen molar-refractivity contribution >= 4 is 19.8 Å². The van der Waals surface area contributed by atoms with Crippen LogP contribution in [-0.2, 0) is 32.7 Å². The molecule has 3 N–H and O–H groups in total. The van der Waals surface area contributed by atoms with Crippen LogP contribution < -0.4 is 5.73 Å². The smallest absolute Gasteiger partial charge is 0.462 e. The molecule has 0 aromatic heterocycles. The van der Waals surface area contributed by atoms with Crippen molar-refractivity contribution in [1.29, 1.82) is 0 Å². The van der Waals surface area contributed by atoms with E-state index in [0.717, 1.165) is 128 Å². The Hall–Kier alpha value is -4.89. The van der Waals surface area contributed by atoms with Crippen LogP contribution in [0.3, 0.4) is 0 Å². The Bertz CT molecular complexity index is 1910. The van der Waals surface area contributed by atoms with E-state index in [0.29, 0.717) is 12.8 Å². The molecule has 0 aromatic carbocycles. The molecule has 0 heterocycles. The van der Waals surface area contributed by atoms with Gasteiger partial charge in [-0.25, -0.2) is 4.57 Å². The molecule has 0 spiro atoms. The number of hydrogen-bond donors (Lipinski definition) is 2. The molecule has 10 heteroatoms. The van der Waals surface area contributed by atoms with Gasteiger partial charge in [0.25, 0.3) is 0 Å². The fourth-order valence-electron chi connectivity index (χ4n) is 7.05. The monoisotopic (exact) mass is 1080 g/mol. The lowest BCUT2D eigenvalue weighted by Gasteiger charge is -2.19. The number of phosphoric ester groups is 1. The first-order valence-electron chi connectivity index (χ1n) is 29.3. The molecule has 0 bridgehead atoms. The Labute approximate surface area is 469 Å². The summed E-state index contributed by atoms with van der Waals surface area (Å²) in [6.07, 6.45) is 90.9. The van der Waals surface area contributed by atoms with Crippen LogP contribution in [0.5, 0.6) is 0 Å². The van der Waals surface area contributed by atoms with Gasteiger partial charge in [0, 0.05) is 19.4 Å². The molecule has 0 saturated carbocycles. The molecule has 9 nitrogen and oxygen atoms in total. The zero-order chi connectivity index (χ0) is 55.9. The molecule has 0 saturated heterocycles. The number of allylic oxidation sites excluding steroid dienone is 30. The van der Waals surface area contributed by atoms with E-state index in [9.17, 15) is 19.0 Å². The van der Waals surface area contributed by atoms with Crippen molar-refractivity contribution < 1.29 is 37.6 Å². The summed E-state index contributed by atoms with van der Waals surface area (Å²) in [5.41, 5.74) is 5.38. The summed E-state index contributed by atoms with van der Waals surface area (Å²) in [7, 11) is -4.42. The van der Waals surface area contributed by atoms with E-state index < -0.39 is 32.5 Å². The number of hydrogen-bond acceptors (Lipinski definition) is 8. The minimum atomic E-state index is -4.42. The topological polar surface area (TPSA) is 134 Å². The fraction of sp³-hybridized carbons (Fsp3) is 0.522. The van der Waals surface area contributed by atoms with Crippen LogP contribution >= 0.6 is 7.82 Å². The Morgan fingerprint density at radius 2 is 0.688 bits per heavy atom. The van der Waals surface area contributed by atoms with E-state index in [1.165, 1.54) is 25.7 Å². The number of rotatable bonds is 52. The molecule has 0 aliphatic rings. The van der Waals surface area contributed by atoms with Crippen molar-refractivity contribution in [2.24, 2.45) is 5.73 Å². The van der Waals surface area contributed by atoms with E-state index in [1.54, 1.807) is 0 Å². The zero-order valence-electron chi connectivity index (χ0n) is 47.9. The average molecular weight is 1080 g/mol. The molecule has 77 heavy (non-hydrogen) atoms. The van der Waals surface area contributed by atoms with Gasteiger partial charge in [0.15, 0.2) is 6.10 Å². The van der Waals surface area contributed by atoms with Crippen molar-refractivity contribution in [1.82, 2.24) is 0 Å². The second-order valence-corrected chi connectivity index (χ2v) is 19.8. The summed E-state index contributed by atoms with van der Waals surface area (Å²) in [6.45, 7) is 3.40. The van der Waals surface area contributed by atoms with Crippen molar-refractivity contribution in [2.75, 3.05) is 26.4 Å². The lowest BCUT2D eigenvalue weighted by molar-refractivity contribution is -0.161. The van der Waals surface area contributed by atoms with Gasteiger partial charge in [0.1, 0.15) is 6.61 Å². The van der Waals surface area contributed by atoms with Gasteiger partial charge in [-0.3, -0.25) is 18.6 Å². The van der Waals surface area contributed by atoms with Crippen molar-refractivity contribution in [3.05, 3.63) is 182 Å². The van der Waals surface area contributed by atoms with Gasteiger partial charge in [-0.05, 0) is 128 Å². The summed E-state index contributed by atoms with van der Waals surface area (Å²) in [5.74, 6) is -0.924. The predicted octanol–water partition coefficient (Wildman–Crippen LogP) is 18.8. The first kappa shape index (κ1) is 72.1. The van der Waals surface area contributed by atoms with Gasteiger partial charge in [0.05, 0.1) is 13.2 Å². The van der Waals surface area contributed by atoms with Crippen LogP contribution in [0.1, 0.15) is 194 Å². The highest BCUT2D eigenvalue weighted by atomic mass is 31.2. The number of phosphoric acid groups is 1. The number of nitrogens with two attached hydrogens (primary N) is 1. The van der Waals surface area contributed by atoms with Crippen molar-refractivity contribution in [2.45, 2.75) is 200 Å². The fourth-order valence-corrected chi connectivity index (χ4v) is 7.82. The molecule has 0 aliphatic carbocycles. The van der Waals surface area contributed by atoms with Gasteiger partial charge in [-0.1, -0.05) is 235 Å². The Morgan fingerprint density at radius 1 is 0.390 bits per heavy atom. The van der Waals surface area contributed by atoms with Crippen LogP contribution in [0.2, 0.25) is 0 Å². The third-order valence-corrected chi connectivity index (χ3v) is 12.3. The molecule has 0 aromatic rings. The van der Waals surface area contributed by atoms with Gasteiger partial charge < -0.3 is 20.1 Å². The van der Waals surface area contributed by atoms with Crippen LogP contribution in [0.25, 0.3) is 0 Å². The SMILES string of the molecule is CC/C=C\C/C=C\C/C=C\C/C=C\C/C=C\C/C=C\C/C=C\C/C=C\CCCCCCCCCCC(=O)OC(COC(=O)CCC/C=C\C/C=C\C/C=C\C/C=C\C/C=C\C/C=C\C/C=C\CC)COP(=O)(O)OCCN. The average Bonchev–Trinajstić information content (AvgIpc) is 3.42. The molecule has 2 unspecified atom stereocenters. The van der Waals surface area contributed by atoms with Gasteiger partial charge in [-0.15, -0.1) is 0 Å². The van der Waals surface area contributed by atoms with Crippen LogP contribution in [0.15, 0.2) is 182 Å². The molecular weight excluding hydrogens is 978 g/mol. The Morgan fingerprint density at radius 3 is 1.04 bits per heavy atom. The maximum absolute atomic E-state index is 12.7. The highest BCUT2D eigenvalue weighted by Crippen LogP contribution is 2.43. The van der Waals surface area contributed by atoms with Gasteiger partial charge in [-0.2, -0.15) is 0 Å². The first-order chi connectivity index (χ1) is 37.8. The summed E-state index contributed by atoms with van der Waals surface area (Å²) in [6, 6.07) is 0. The highest BCUT2D eigenvalue weighted by molar-refractivity contribution is 7.47. The molecule has 2 atom stereocenters. The minimum absolute atomic E-state index is 0.0333. The normalized spacial score (nSPS) is 14.4. The molecule has 430 valence electrons. The van der Waals surface area contributed by atoms with Crippen LogP contribution in [-0.4, -0.2) is 49.3 Å². The third-order valence-electron chi connectivity index (χ3n) is 11.3. The highest BCUT2D eigenvalue weighted by Gasteiger charge is 2.26. The number of esters is 2. The van der Waals surface area contributed by atoms with E-state index in [1.807, 2.05) is 6.08 Å². The van der Waals surface area contributed by atoms with Gasteiger partial charge in [0.2, 0.25) is 0 Å². The Kier molecular flexibility index (Phi) is 56.5. The quantitative estimate of drug-likeness (QED) is 0.0264. The van der Waals surface area contributed by atoms with E-state index >= 15 is 0 Å². The minimum Gasteiger partial charge on any atom is -0.462 e. The lowest BCUT2D eigenvalue weighted by Crippen LogP contribution is -2.29. The van der Waals surface area contributed by atoms with Crippen molar-refractivity contribution in [3.8, 4) is 0 Å². The summed E-state index contributed by atoms with van der Waals surface area (Å²) in [4.78, 5) is 35.2. The maximum atomic E-state index is 12.7. The standard InChI is InChI=1S/C67H104NO8P/c1-3-5-7-9-11-13-15-17-19-21-23-25-27-28-29-30-31-32-33-34-35-36-38-40-42-44-46-48-50-52-54-56-58-60-67(70)76-65(64-75-77(71,72)74-62-61-68)63-73-66(69)59-57-55-53-51-49-47-45-43-41-39-37-26-24-22-20-18-16-14-12-10-8-6-4-2/h5-8,11-14,17-20,23-26,28-29,31-32,34-35,38-41,45,47,51,53,65H,3-4,9-10,15-16,21-22,27,30,33,36-37,42-44,46,48-50,52,54-64,68H2,1-2H3,(H,71,72)/b7-5-,8-6-,13-11-,14-12-,19-17-,20-18-,25-23-,26-24-,29-28-,32-31-,35-34-,40-38-,41-39-,47-45-,53-51-. The third kappa shape index (κ3) is 60.2. The largest absolute Gasteiger partial charge is 0.472 e. The van der Waals surface area contributed by atoms with Crippen molar-refractivity contribution in [3.63, 3.8) is 0 Å². The number of carbonyl (C=O) groups excluding carboxylic acids is 2. The predicted molar refractivity (Wildman–Crippen MR) is 329 cm³/mol. The zero-order valence-corrected chi connectivity index (χ0v) is 48.7. The van der Waals surface area contributed by atoms with Crippen LogP contribution in [0.4, 0.5) is 0 Å². The van der Waals surface area contributed by atoms with E-state index in [2.05, 4.69) is 190 Å². The summed E-state index contributed by atoms with van der Waals surface area (Å²) in [5, 5.41) is 0. The first-order valence-corrected chi connectivity index (χ1v) is 30.8. The van der Waals surface area contributed by atoms with E-state index in [4.69, 9.17) is 24.3 Å². The molecule has 0 radical (unpaired) electrons. The number of unbranched alkanes of at least 4 members (excludes halogenated alkanes) is 9. The number of ether oxygens (including phenoxy) is 2. The second kappa shape index (κ2) is 60.3. The molecule has 0 amide bonds. The van der Waals surface area contributed by atoms with E-state index in [-0.39, 0.29) is 32.6 Å². The molecular formula is C67H104NO8P. The lowest BCUT2D eigenvalue weighted by atomic mass is 10.1.